The number of aliphatic hydroxyl groups excluding tert-OH is 1. The first-order chi connectivity index (χ1) is 10.8. The van der Waals surface area contributed by atoms with Crippen molar-refractivity contribution in [1.29, 1.82) is 0 Å². The van der Waals surface area contributed by atoms with Crippen LogP contribution in [-0.4, -0.2) is 64.8 Å². The lowest BCUT2D eigenvalue weighted by Gasteiger charge is -2.42. The molecule has 2 atom stereocenters. The molecule has 1 aromatic rings. The Morgan fingerprint density at radius 2 is 2.00 bits per heavy atom. The molecular formula is C16H27N5O. The molecule has 6 heteroatoms. The summed E-state index contributed by atoms with van der Waals surface area (Å²) in [7, 11) is 0. The Hall–Kier alpha value is -1.40. The van der Waals surface area contributed by atoms with Gasteiger partial charge in [-0.1, -0.05) is 12.8 Å². The molecule has 3 rings (SSSR count). The molecule has 0 radical (unpaired) electrons. The standard InChI is InChI=1S/C16H27N5O/c1-2-17-15-7-8-18-16(19-15)21-11-9-20(10-12-21)13-5-3-4-6-14(13)22/h7-8,13-14,22H,2-6,9-12H2,1H3,(H,17,18,19). The lowest BCUT2D eigenvalue weighted by molar-refractivity contribution is 0.0172. The van der Waals surface area contributed by atoms with Gasteiger partial charge >= 0.3 is 0 Å². The quantitative estimate of drug-likeness (QED) is 0.875. The van der Waals surface area contributed by atoms with Crippen molar-refractivity contribution in [3.63, 3.8) is 0 Å². The molecule has 0 aromatic carbocycles. The number of hydrogen-bond acceptors (Lipinski definition) is 6. The minimum Gasteiger partial charge on any atom is -0.391 e. The molecule has 2 fully saturated rings. The van der Waals surface area contributed by atoms with Crippen molar-refractivity contribution in [3.8, 4) is 0 Å². The van der Waals surface area contributed by atoms with E-state index in [0.29, 0.717) is 6.04 Å². The lowest BCUT2D eigenvalue weighted by atomic mass is 9.91. The predicted octanol–water partition coefficient (Wildman–Crippen LogP) is 1.33. The van der Waals surface area contributed by atoms with Crippen LogP contribution in [0.15, 0.2) is 12.3 Å². The number of anilines is 2. The first-order valence-corrected chi connectivity index (χ1v) is 8.52. The summed E-state index contributed by atoms with van der Waals surface area (Å²) >= 11 is 0. The topological polar surface area (TPSA) is 64.5 Å². The van der Waals surface area contributed by atoms with Crippen LogP contribution in [0.25, 0.3) is 0 Å². The van der Waals surface area contributed by atoms with Gasteiger partial charge in [0.1, 0.15) is 5.82 Å². The third-order valence-corrected chi connectivity index (χ3v) is 4.76. The summed E-state index contributed by atoms with van der Waals surface area (Å²) < 4.78 is 0. The molecule has 0 amide bonds. The van der Waals surface area contributed by atoms with E-state index in [2.05, 4.69) is 32.0 Å². The van der Waals surface area contributed by atoms with Crippen LogP contribution in [0.1, 0.15) is 32.6 Å². The van der Waals surface area contributed by atoms with Gasteiger partial charge < -0.3 is 15.3 Å². The maximum atomic E-state index is 10.2. The molecule has 1 saturated carbocycles. The van der Waals surface area contributed by atoms with E-state index in [1.54, 1.807) is 0 Å². The maximum Gasteiger partial charge on any atom is 0.227 e. The van der Waals surface area contributed by atoms with Gasteiger partial charge in [-0.25, -0.2) is 4.98 Å². The summed E-state index contributed by atoms with van der Waals surface area (Å²) in [6, 6.07) is 2.26. The van der Waals surface area contributed by atoms with Crippen LogP contribution in [0.2, 0.25) is 0 Å². The van der Waals surface area contributed by atoms with Gasteiger partial charge in [0.05, 0.1) is 6.10 Å². The molecule has 6 nitrogen and oxygen atoms in total. The highest BCUT2D eigenvalue weighted by molar-refractivity contribution is 5.41. The van der Waals surface area contributed by atoms with Gasteiger partial charge in [0, 0.05) is 45.0 Å². The molecule has 1 aliphatic heterocycles. The van der Waals surface area contributed by atoms with Crippen LogP contribution in [0.5, 0.6) is 0 Å². The second kappa shape index (κ2) is 7.24. The van der Waals surface area contributed by atoms with Gasteiger partial charge in [0.25, 0.3) is 0 Å². The van der Waals surface area contributed by atoms with Gasteiger partial charge in [-0.2, -0.15) is 4.98 Å². The Morgan fingerprint density at radius 1 is 1.23 bits per heavy atom. The zero-order chi connectivity index (χ0) is 15.4. The summed E-state index contributed by atoms with van der Waals surface area (Å²) in [5, 5.41) is 13.4. The molecule has 2 N–H and O–H groups in total. The number of nitrogens with one attached hydrogen (secondary N) is 1. The second-order valence-corrected chi connectivity index (χ2v) is 6.21. The average molecular weight is 305 g/mol. The van der Waals surface area contributed by atoms with Crippen LogP contribution in [0.3, 0.4) is 0 Å². The molecule has 1 saturated heterocycles. The minimum atomic E-state index is -0.145. The summed E-state index contributed by atoms with van der Waals surface area (Å²) in [6.07, 6.45) is 6.18. The van der Waals surface area contributed by atoms with Gasteiger partial charge in [0.2, 0.25) is 5.95 Å². The van der Waals surface area contributed by atoms with Crippen LogP contribution >= 0.6 is 0 Å². The van der Waals surface area contributed by atoms with Gasteiger partial charge in [-0.05, 0) is 25.8 Å². The van der Waals surface area contributed by atoms with Gasteiger partial charge in [0.15, 0.2) is 0 Å². The van der Waals surface area contributed by atoms with Crippen molar-refractivity contribution in [2.45, 2.75) is 44.8 Å². The van der Waals surface area contributed by atoms with Crippen LogP contribution in [-0.2, 0) is 0 Å². The molecule has 0 spiro atoms. The number of hydrogen-bond donors (Lipinski definition) is 2. The van der Waals surface area contributed by atoms with E-state index < -0.39 is 0 Å². The van der Waals surface area contributed by atoms with E-state index >= 15 is 0 Å². The zero-order valence-electron chi connectivity index (χ0n) is 13.4. The molecule has 2 unspecified atom stereocenters. The largest absolute Gasteiger partial charge is 0.391 e. The predicted molar refractivity (Wildman–Crippen MR) is 88.2 cm³/mol. The van der Waals surface area contributed by atoms with Crippen LogP contribution in [0, 0.1) is 0 Å². The molecule has 0 bridgehead atoms. The number of nitrogens with zero attached hydrogens (tertiary/aromatic N) is 4. The fourth-order valence-electron chi connectivity index (χ4n) is 3.55. The van der Waals surface area contributed by atoms with Crippen molar-refractivity contribution < 1.29 is 5.11 Å². The lowest BCUT2D eigenvalue weighted by Crippen LogP contribution is -2.54. The summed E-state index contributed by atoms with van der Waals surface area (Å²) in [6.45, 7) is 6.75. The SMILES string of the molecule is CCNc1ccnc(N2CCN(C3CCCCC3O)CC2)n1. The average Bonchev–Trinajstić information content (AvgIpc) is 2.56. The first kappa shape index (κ1) is 15.5. The maximum absolute atomic E-state index is 10.2. The van der Waals surface area contributed by atoms with E-state index in [0.717, 1.165) is 57.3 Å². The summed E-state index contributed by atoms with van der Waals surface area (Å²) in [4.78, 5) is 13.7. The van der Waals surface area contributed by atoms with Crippen molar-refractivity contribution >= 4 is 11.8 Å². The summed E-state index contributed by atoms with van der Waals surface area (Å²) in [5.41, 5.74) is 0. The molecule has 2 aliphatic rings. The molecule has 22 heavy (non-hydrogen) atoms. The van der Waals surface area contributed by atoms with E-state index in [1.165, 1.54) is 12.8 Å². The zero-order valence-corrected chi connectivity index (χ0v) is 13.4. The van der Waals surface area contributed by atoms with Gasteiger partial charge in [-0.15, -0.1) is 0 Å². The number of piperazine rings is 1. The Morgan fingerprint density at radius 3 is 2.73 bits per heavy atom. The highest BCUT2D eigenvalue weighted by atomic mass is 16.3. The molecule has 2 heterocycles. The fraction of sp³-hybridized carbons (Fsp3) is 0.750. The Labute approximate surface area is 132 Å². The van der Waals surface area contributed by atoms with Gasteiger partial charge in [-0.3, -0.25) is 4.90 Å². The Balaban J connectivity index is 1.58. The first-order valence-electron chi connectivity index (χ1n) is 8.52. The van der Waals surface area contributed by atoms with Crippen molar-refractivity contribution in [2.24, 2.45) is 0 Å². The number of aliphatic hydroxyl groups is 1. The second-order valence-electron chi connectivity index (χ2n) is 6.21. The molecule has 122 valence electrons. The van der Waals surface area contributed by atoms with E-state index in [9.17, 15) is 5.11 Å². The van der Waals surface area contributed by atoms with Crippen LogP contribution < -0.4 is 10.2 Å². The van der Waals surface area contributed by atoms with E-state index in [4.69, 9.17) is 0 Å². The number of rotatable bonds is 4. The fourth-order valence-corrected chi connectivity index (χ4v) is 3.55. The van der Waals surface area contributed by atoms with E-state index in [-0.39, 0.29) is 6.10 Å². The van der Waals surface area contributed by atoms with Crippen LogP contribution in [0.4, 0.5) is 11.8 Å². The van der Waals surface area contributed by atoms with Crippen molar-refractivity contribution in [3.05, 3.63) is 12.3 Å². The molecule has 1 aliphatic carbocycles. The Kier molecular flexibility index (Phi) is 5.10. The molecular weight excluding hydrogens is 278 g/mol. The third kappa shape index (κ3) is 3.50. The van der Waals surface area contributed by atoms with Crippen molar-refractivity contribution in [1.82, 2.24) is 14.9 Å². The minimum absolute atomic E-state index is 0.145. The normalized spacial score (nSPS) is 26.9. The smallest absolute Gasteiger partial charge is 0.227 e. The van der Waals surface area contributed by atoms with E-state index in [1.807, 2.05) is 12.3 Å². The highest BCUT2D eigenvalue weighted by Gasteiger charge is 2.31. The number of aromatic nitrogens is 2. The Bertz CT molecular complexity index is 475. The third-order valence-electron chi connectivity index (χ3n) is 4.76. The molecule has 1 aromatic heterocycles. The van der Waals surface area contributed by atoms with Crippen molar-refractivity contribution in [2.75, 3.05) is 42.9 Å². The summed E-state index contributed by atoms with van der Waals surface area (Å²) in [5.74, 6) is 1.69. The monoisotopic (exact) mass is 305 g/mol. The highest BCUT2D eigenvalue weighted by Crippen LogP contribution is 2.24.